The summed E-state index contributed by atoms with van der Waals surface area (Å²) in [7, 11) is 0. The Morgan fingerprint density at radius 1 is 1.14 bits per heavy atom. The third-order valence-corrected chi connectivity index (χ3v) is 6.08. The third kappa shape index (κ3) is 4.11. The van der Waals surface area contributed by atoms with Gasteiger partial charge in [-0.15, -0.1) is 0 Å². The number of urea groups is 1. The second-order valence-corrected chi connectivity index (χ2v) is 7.97. The molecule has 2 saturated heterocycles. The highest BCUT2D eigenvalue weighted by molar-refractivity contribution is 5.90. The first-order valence-electron chi connectivity index (χ1n) is 10.2. The van der Waals surface area contributed by atoms with E-state index in [1.54, 1.807) is 24.0 Å². The molecule has 0 bridgehead atoms. The summed E-state index contributed by atoms with van der Waals surface area (Å²) in [5, 5.41) is 2.84. The lowest BCUT2D eigenvalue weighted by Gasteiger charge is -2.30. The molecule has 2 aromatic rings. The lowest BCUT2D eigenvalue weighted by Crippen LogP contribution is -2.43. The summed E-state index contributed by atoms with van der Waals surface area (Å²) in [6.45, 7) is 3.34. The van der Waals surface area contributed by atoms with Crippen molar-refractivity contribution < 1.29 is 14.0 Å². The van der Waals surface area contributed by atoms with Crippen molar-refractivity contribution in [2.75, 3.05) is 18.4 Å². The summed E-state index contributed by atoms with van der Waals surface area (Å²) >= 11 is 0. The second-order valence-electron chi connectivity index (χ2n) is 7.97. The minimum absolute atomic E-state index is 0.0181. The van der Waals surface area contributed by atoms with Crippen molar-refractivity contribution in [2.45, 2.75) is 38.8 Å². The van der Waals surface area contributed by atoms with Gasteiger partial charge in [-0.1, -0.05) is 36.4 Å². The van der Waals surface area contributed by atoms with Crippen LogP contribution in [0.3, 0.4) is 0 Å². The first-order valence-corrected chi connectivity index (χ1v) is 10.2. The molecule has 0 unspecified atom stereocenters. The summed E-state index contributed by atoms with van der Waals surface area (Å²) < 4.78 is 13.8. The first-order chi connectivity index (χ1) is 14.0. The number of halogens is 1. The van der Waals surface area contributed by atoms with E-state index in [0.717, 1.165) is 18.4 Å². The van der Waals surface area contributed by atoms with Gasteiger partial charge in [0.1, 0.15) is 5.82 Å². The molecule has 152 valence electrons. The molecule has 2 fully saturated rings. The van der Waals surface area contributed by atoms with Gasteiger partial charge in [0.2, 0.25) is 5.91 Å². The molecule has 2 aliphatic rings. The van der Waals surface area contributed by atoms with E-state index in [9.17, 15) is 14.0 Å². The minimum Gasteiger partial charge on any atom is -0.333 e. The highest BCUT2D eigenvalue weighted by atomic mass is 19.1. The van der Waals surface area contributed by atoms with Gasteiger partial charge in [0.05, 0.1) is 6.04 Å². The predicted octanol–water partition coefficient (Wildman–Crippen LogP) is 4.18. The Bertz CT molecular complexity index is 902. The molecule has 2 aliphatic heterocycles. The Hall–Kier alpha value is -2.89. The standard InChI is InChI=1S/C23H26FN3O2/c1-16-19(24)10-6-11-20(16)25-23(29)26-14-18-9-5-12-22(28)27(21(18)15-26)13-17-7-3-2-4-8-17/h2-4,6-8,10-11,18,21H,5,9,12-15H2,1H3,(H,25,29)/t18-,21+/m1/s1. The average Bonchev–Trinajstić information content (AvgIpc) is 3.08. The highest BCUT2D eigenvalue weighted by Gasteiger charge is 2.41. The molecule has 0 aliphatic carbocycles. The van der Waals surface area contributed by atoms with Gasteiger partial charge in [-0.3, -0.25) is 4.79 Å². The third-order valence-electron chi connectivity index (χ3n) is 6.08. The summed E-state index contributed by atoms with van der Waals surface area (Å²) in [6, 6.07) is 14.4. The van der Waals surface area contributed by atoms with Crippen LogP contribution in [-0.4, -0.2) is 40.9 Å². The van der Waals surface area contributed by atoms with Crippen LogP contribution >= 0.6 is 0 Å². The van der Waals surface area contributed by atoms with Gasteiger partial charge < -0.3 is 15.1 Å². The van der Waals surface area contributed by atoms with E-state index in [-0.39, 0.29) is 29.7 Å². The Labute approximate surface area is 170 Å². The number of nitrogens with zero attached hydrogens (tertiary/aromatic N) is 2. The SMILES string of the molecule is Cc1c(F)cccc1NC(=O)N1C[C@H]2CCCC(=O)N(Cc3ccccc3)[C@H]2C1. The fourth-order valence-electron chi connectivity index (χ4n) is 4.42. The maximum atomic E-state index is 13.8. The number of benzene rings is 2. The van der Waals surface area contributed by atoms with Gasteiger partial charge in [-0.2, -0.15) is 0 Å². The Morgan fingerprint density at radius 3 is 2.72 bits per heavy atom. The molecule has 2 aromatic carbocycles. The molecule has 5 nitrogen and oxygen atoms in total. The summed E-state index contributed by atoms with van der Waals surface area (Å²) in [6.07, 6.45) is 2.35. The largest absolute Gasteiger partial charge is 0.333 e. The van der Waals surface area contributed by atoms with Crippen molar-refractivity contribution in [3.8, 4) is 0 Å². The van der Waals surface area contributed by atoms with Crippen LogP contribution in [0.2, 0.25) is 0 Å². The normalized spacial score (nSPS) is 21.7. The van der Waals surface area contributed by atoms with Crippen LogP contribution in [-0.2, 0) is 11.3 Å². The number of likely N-dealkylation sites (tertiary alicyclic amines) is 2. The van der Waals surface area contributed by atoms with Gasteiger partial charge in [0.25, 0.3) is 0 Å². The van der Waals surface area contributed by atoms with Crippen molar-refractivity contribution in [1.29, 1.82) is 0 Å². The van der Waals surface area contributed by atoms with Crippen LogP contribution in [0.15, 0.2) is 48.5 Å². The summed E-state index contributed by atoms with van der Waals surface area (Å²) in [4.78, 5) is 29.3. The number of nitrogens with one attached hydrogen (secondary N) is 1. The predicted molar refractivity (Wildman–Crippen MR) is 110 cm³/mol. The van der Waals surface area contributed by atoms with E-state index in [0.29, 0.717) is 37.3 Å². The van der Waals surface area contributed by atoms with Gasteiger partial charge in [0, 0.05) is 37.3 Å². The van der Waals surface area contributed by atoms with Crippen molar-refractivity contribution in [1.82, 2.24) is 9.80 Å². The zero-order valence-corrected chi connectivity index (χ0v) is 16.6. The summed E-state index contributed by atoms with van der Waals surface area (Å²) in [5.74, 6) is 0.0862. The number of fused-ring (bicyclic) bond motifs is 1. The Kier molecular flexibility index (Phi) is 5.51. The Morgan fingerprint density at radius 2 is 1.93 bits per heavy atom. The van der Waals surface area contributed by atoms with Gasteiger partial charge in [0.15, 0.2) is 0 Å². The maximum absolute atomic E-state index is 13.8. The molecule has 0 spiro atoms. The van der Waals surface area contributed by atoms with E-state index < -0.39 is 0 Å². The molecular weight excluding hydrogens is 369 g/mol. The first kappa shape index (κ1) is 19.4. The van der Waals surface area contributed by atoms with E-state index in [1.165, 1.54) is 6.07 Å². The van der Waals surface area contributed by atoms with E-state index in [2.05, 4.69) is 5.32 Å². The smallest absolute Gasteiger partial charge is 0.321 e. The molecule has 0 radical (unpaired) electrons. The number of amides is 3. The van der Waals surface area contributed by atoms with Crippen LogP contribution in [0, 0.1) is 18.7 Å². The van der Waals surface area contributed by atoms with Crippen LogP contribution in [0.5, 0.6) is 0 Å². The molecule has 0 saturated carbocycles. The van der Waals surface area contributed by atoms with Crippen molar-refractivity contribution in [3.05, 3.63) is 65.5 Å². The summed E-state index contributed by atoms with van der Waals surface area (Å²) in [5.41, 5.74) is 2.01. The molecule has 1 N–H and O–H groups in total. The molecule has 29 heavy (non-hydrogen) atoms. The average molecular weight is 395 g/mol. The number of anilines is 1. The number of carbonyl (C=O) groups is 2. The van der Waals surface area contributed by atoms with Crippen LogP contribution in [0.25, 0.3) is 0 Å². The van der Waals surface area contributed by atoms with Gasteiger partial charge in [-0.25, -0.2) is 9.18 Å². The van der Waals surface area contributed by atoms with Crippen molar-refractivity contribution in [3.63, 3.8) is 0 Å². The lowest BCUT2D eigenvalue weighted by molar-refractivity contribution is -0.133. The maximum Gasteiger partial charge on any atom is 0.321 e. The monoisotopic (exact) mass is 395 g/mol. The van der Waals surface area contributed by atoms with Crippen LogP contribution < -0.4 is 5.32 Å². The zero-order valence-electron chi connectivity index (χ0n) is 16.6. The molecule has 2 atom stereocenters. The van der Waals surface area contributed by atoms with Crippen molar-refractivity contribution >= 4 is 17.6 Å². The number of rotatable bonds is 3. The van der Waals surface area contributed by atoms with E-state index in [1.807, 2.05) is 35.2 Å². The zero-order chi connectivity index (χ0) is 20.4. The fraction of sp³-hybridized carbons (Fsp3) is 0.391. The van der Waals surface area contributed by atoms with Gasteiger partial charge >= 0.3 is 6.03 Å². The highest BCUT2D eigenvalue weighted by Crippen LogP contribution is 2.32. The quantitative estimate of drug-likeness (QED) is 0.848. The number of carbonyl (C=O) groups excluding carboxylic acids is 2. The van der Waals surface area contributed by atoms with Gasteiger partial charge in [-0.05, 0) is 43.4 Å². The molecule has 6 heteroatoms. The fourth-order valence-corrected chi connectivity index (χ4v) is 4.42. The van der Waals surface area contributed by atoms with Crippen LogP contribution in [0.1, 0.15) is 30.4 Å². The topological polar surface area (TPSA) is 52.7 Å². The second kappa shape index (κ2) is 8.23. The molecule has 0 aromatic heterocycles. The lowest BCUT2D eigenvalue weighted by atomic mass is 9.98. The minimum atomic E-state index is -0.339. The molecule has 2 heterocycles. The van der Waals surface area contributed by atoms with E-state index >= 15 is 0 Å². The molecule has 4 rings (SSSR count). The van der Waals surface area contributed by atoms with Crippen LogP contribution in [0.4, 0.5) is 14.9 Å². The molecule has 3 amide bonds. The molecular formula is C23H26FN3O2. The van der Waals surface area contributed by atoms with E-state index in [4.69, 9.17) is 0 Å². The number of hydrogen-bond donors (Lipinski definition) is 1. The van der Waals surface area contributed by atoms with Crippen molar-refractivity contribution in [2.24, 2.45) is 5.92 Å². The number of hydrogen-bond acceptors (Lipinski definition) is 2. The Balaban J connectivity index is 1.49.